The molecule has 0 unspecified atom stereocenters. The van der Waals surface area contributed by atoms with E-state index in [2.05, 4.69) is 29.4 Å². The van der Waals surface area contributed by atoms with Crippen molar-refractivity contribution in [1.82, 2.24) is 19.8 Å². The minimum Gasteiger partial charge on any atom is -0.347 e. The molecule has 2 N–H and O–H groups in total. The highest BCUT2D eigenvalue weighted by molar-refractivity contribution is 7.89. The molecule has 152 valence electrons. The zero-order valence-electron chi connectivity index (χ0n) is 16.4. The fourth-order valence-electron chi connectivity index (χ4n) is 3.43. The van der Waals surface area contributed by atoms with E-state index in [9.17, 15) is 13.2 Å². The summed E-state index contributed by atoms with van der Waals surface area (Å²) in [5.74, 6) is 0.139. The summed E-state index contributed by atoms with van der Waals surface area (Å²) in [6.07, 6.45) is 3.65. The van der Waals surface area contributed by atoms with Gasteiger partial charge in [0, 0.05) is 25.3 Å². The summed E-state index contributed by atoms with van der Waals surface area (Å²) in [7, 11) is -3.55. The topological polar surface area (TPSA) is 95.2 Å². The smallest absolute Gasteiger partial charge is 0.272 e. The summed E-state index contributed by atoms with van der Waals surface area (Å²) in [6.45, 7) is 5.43. The van der Waals surface area contributed by atoms with Crippen molar-refractivity contribution in [2.75, 3.05) is 13.1 Å². The maximum absolute atomic E-state index is 13.0. The van der Waals surface area contributed by atoms with Gasteiger partial charge in [0.25, 0.3) is 5.91 Å². The lowest BCUT2D eigenvalue weighted by Gasteiger charge is -2.26. The average Bonchev–Trinajstić information content (AvgIpc) is 3.15. The van der Waals surface area contributed by atoms with Crippen molar-refractivity contribution in [3.8, 4) is 0 Å². The summed E-state index contributed by atoms with van der Waals surface area (Å²) >= 11 is 0. The molecule has 1 aliphatic rings. The quantitative estimate of drug-likeness (QED) is 0.742. The van der Waals surface area contributed by atoms with Crippen molar-refractivity contribution >= 4 is 15.9 Å². The number of rotatable bonds is 7. The minimum absolute atomic E-state index is 0.133. The van der Waals surface area contributed by atoms with Gasteiger partial charge in [-0.2, -0.15) is 9.40 Å². The molecule has 28 heavy (non-hydrogen) atoms. The summed E-state index contributed by atoms with van der Waals surface area (Å²) in [5, 5.41) is 9.74. The van der Waals surface area contributed by atoms with Crippen molar-refractivity contribution in [2.45, 2.75) is 51.0 Å². The first kappa shape index (κ1) is 20.5. The van der Waals surface area contributed by atoms with Gasteiger partial charge >= 0.3 is 0 Å². The van der Waals surface area contributed by atoms with E-state index in [1.165, 1.54) is 0 Å². The number of carbonyl (C=O) groups is 1. The van der Waals surface area contributed by atoms with Crippen molar-refractivity contribution in [2.24, 2.45) is 5.92 Å². The van der Waals surface area contributed by atoms with Crippen LogP contribution in [0.5, 0.6) is 0 Å². The predicted octanol–water partition coefficient (Wildman–Crippen LogP) is 2.71. The first-order valence-electron chi connectivity index (χ1n) is 9.78. The number of nitrogens with one attached hydrogen (secondary N) is 2. The molecule has 1 aliphatic heterocycles. The first-order valence-corrected chi connectivity index (χ1v) is 11.2. The van der Waals surface area contributed by atoms with Crippen LogP contribution in [0.4, 0.5) is 0 Å². The number of aromatic amines is 1. The molecule has 0 bridgehead atoms. The number of sulfonamides is 1. The summed E-state index contributed by atoms with van der Waals surface area (Å²) < 4.78 is 27.6. The van der Waals surface area contributed by atoms with E-state index in [1.54, 1.807) is 34.6 Å². The molecular formula is C20H28N4O3S. The molecule has 8 heteroatoms. The molecule has 1 amide bonds. The molecule has 0 radical (unpaired) electrons. The van der Waals surface area contributed by atoms with Crippen LogP contribution in [0.25, 0.3) is 0 Å². The normalized spacial score (nSPS) is 15.7. The maximum Gasteiger partial charge on any atom is 0.272 e. The molecule has 1 fully saturated rings. The van der Waals surface area contributed by atoms with Gasteiger partial charge in [-0.15, -0.1) is 0 Å². The molecule has 2 heterocycles. The summed E-state index contributed by atoms with van der Waals surface area (Å²) in [5.41, 5.74) is 1.81. The number of H-pyrrole nitrogens is 1. The van der Waals surface area contributed by atoms with Crippen LogP contribution in [0.1, 0.15) is 54.9 Å². The van der Waals surface area contributed by atoms with E-state index < -0.39 is 10.0 Å². The van der Waals surface area contributed by atoms with Gasteiger partial charge in [-0.25, -0.2) is 8.42 Å². The SMILES string of the molecule is CC(C)Cc1cc(C(=O)NCc2ccccc2S(=O)(=O)N2CCCCC2)n[nH]1. The number of aromatic nitrogens is 2. The molecular weight excluding hydrogens is 376 g/mol. The zero-order valence-corrected chi connectivity index (χ0v) is 17.3. The van der Waals surface area contributed by atoms with Gasteiger partial charge in [0.05, 0.1) is 4.90 Å². The number of piperidine rings is 1. The van der Waals surface area contributed by atoms with Crippen LogP contribution in [0.2, 0.25) is 0 Å². The third-order valence-electron chi connectivity index (χ3n) is 4.84. The number of amides is 1. The number of hydrogen-bond acceptors (Lipinski definition) is 4. The van der Waals surface area contributed by atoms with Crippen LogP contribution in [0.3, 0.4) is 0 Å². The van der Waals surface area contributed by atoms with Crippen LogP contribution in [-0.4, -0.2) is 41.9 Å². The Morgan fingerprint density at radius 1 is 1.21 bits per heavy atom. The van der Waals surface area contributed by atoms with Gasteiger partial charge in [0.15, 0.2) is 0 Å². The van der Waals surface area contributed by atoms with Crippen molar-refractivity contribution in [3.05, 3.63) is 47.3 Å². The third-order valence-corrected chi connectivity index (χ3v) is 6.84. The second kappa shape index (κ2) is 8.87. The Morgan fingerprint density at radius 2 is 1.93 bits per heavy atom. The number of carbonyl (C=O) groups excluding carboxylic acids is 1. The minimum atomic E-state index is -3.55. The molecule has 7 nitrogen and oxygen atoms in total. The summed E-state index contributed by atoms with van der Waals surface area (Å²) in [6, 6.07) is 8.60. The lowest BCUT2D eigenvalue weighted by molar-refractivity contribution is 0.0945. The Bertz CT molecular complexity index is 915. The third kappa shape index (κ3) is 4.80. The Morgan fingerprint density at radius 3 is 2.64 bits per heavy atom. The van der Waals surface area contributed by atoms with Gasteiger partial charge in [0.1, 0.15) is 5.69 Å². The number of nitrogens with zero attached hydrogens (tertiary/aromatic N) is 2. The van der Waals surface area contributed by atoms with Gasteiger partial charge < -0.3 is 5.32 Å². The fourth-order valence-corrected chi connectivity index (χ4v) is 5.17. The molecule has 1 saturated heterocycles. The molecule has 1 aromatic heterocycles. The molecule has 0 aliphatic carbocycles. The molecule has 2 aromatic rings. The monoisotopic (exact) mass is 404 g/mol. The van der Waals surface area contributed by atoms with Crippen LogP contribution >= 0.6 is 0 Å². The van der Waals surface area contributed by atoms with E-state index >= 15 is 0 Å². The molecule has 0 spiro atoms. The van der Waals surface area contributed by atoms with Gasteiger partial charge in [-0.1, -0.05) is 38.5 Å². The predicted molar refractivity (Wildman–Crippen MR) is 107 cm³/mol. The van der Waals surface area contributed by atoms with E-state index in [0.717, 1.165) is 31.4 Å². The average molecular weight is 405 g/mol. The second-order valence-electron chi connectivity index (χ2n) is 7.63. The van der Waals surface area contributed by atoms with E-state index in [0.29, 0.717) is 30.3 Å². The van der Waals surface area contributed by atoms with E-state index in [4.69, 9.17) is 0 Å². The largest absolute Gasteiger partial charge is 0.347 e. The standard InChI is InChI=1S/C20H28N4O3S/c1-15(2)12-17-13-18(23-22-17)20(25)21-14-16-8-4-5-9-19(16)28(26,27)24-10-6-3-7-11-24/h4-5,8-9,13,15H,3,6-7,10-12,14H2,1-2H3,(H,21,25)(H,22,23). The maximum atomic E-state index is 13.0. The highest BCUT2D eigenvalue weighted by Gasteiger charge is 2.28. The van der Waals surface area contributed by atoms with Crippen LogP contribution in [-0.2, 0) is 23.0 Å². The van der Waals surface area contributed by atoms with E-state index in [1.807, 2.05) is 0 Å². The van der Waals surface area contributed by atoms with E-state index in [-0.39, 0.29) is 17.3 Å². The molecule has 0 saturated carbocycles. The lowest BCUT2D eigenvalue weighted by Crippen LogP contribution is -2.36. The Kier molecular flexibility index (Phi) is 6.51. The Labute approximate surface area is 166 Å². The summed E-state index contributed by atoms with van der Waals surface area (Å²) in [4.78, 5) is 12.7. The zero-order chi connectivity index (χ0) is 20.1. The number of hydrogen-bond donors (Lipinski definition) is 2. The highest BCUT2D eigenvalue weighted by atomic mass is 32.2. The molecule has 0 atom stereocenters. The van der Waals surface area contributed by atoms with Crippen LogP contribution < -0.4 is 5.32 Å². The van der Waals surface area contributed by atoms with Gasteiger partial charge in [-0.3, -0.25) is 9.89 Å². The second-order valence-corrected chi connectivity index (χ2v) is 9.54. The van der Waals surface area contributed by atoms with Crippen molar-refractivity contribution < 1.29 is 13.2 Å². The van der Waals surface area contributed by atoms with Gasteiger partial charge in [-0.05, 0) is 42.9 Å². The Balaban J connectivity index is 1.71. The van der Waals surface area contributed by atoms with Crippen molar-refractivity contribution in [1.29, 1.82) is 0 Å². The highest BCUT2D eigenvalue weighted by Crippen LogP contribution is 2.23. The fraction of sp³-hybridized carbons (Fsp3) is 0.500. The Hall–Kier alpha value is -2.19. The van der Waals surface area contributed by atoms with Crippen LogP contribution in [0, 0.1) is 5.92 Å². The van der Waals surface area contributed by atoms with Gasteiger partial charge in [0.2, 0.25) is 10.0 Å². The molecule has 3 rings (SSSR count). The molecule has 1 aromatic carbocycles. The van der Waals surface area contributed by atoms with Crippen molar-refractivity contribution in [3.63, 3.8) is 0 Å². The van der Waals surface area contributed by atoms with Crippen LogP contribution in [0.15, 0.2) is 35.2 Å². The lowest BCUT2D eigenvalue weighted by atomic mass is 10.1. The number of benzene rings is 1. The first-order chi connectivity index (χ1) is 13.4.